The molecular formula is C11H12FNO. The highest BCUT2D eigenvalue weighted by Crippen LogP contribution is 2.24. The molecule has 0 amide bonds. The molecule has 0 atom stereocenters. The van der Waals surface area contributed by atoms with Crippen LogP contribution in [-0.4, -0.2) is 19.4 Å². The fourth-order valence-electron chi connectivity index (χ4n) is 1.78. The zero-order chi connectivity index (χ0) is 10.1. The lowest BCUT2D eigenvalue weighted by Gasteiger charge is -2.18. The van der Waals surface area contributed by atoms with Crippen molar-refractivity contribution in [3.8, 4) is 0 Å². The van der Waals surface area contributed by atoms with Crippen molar-refractivity contribution >= 4 is 11.5 Å². The molecule has 0 aliphatic carbocycles. The molecule has 1 aromatic carbocycles. The van der Waals surface area contributed by atoms with Crippen LogP contribution in [-0.2, 0) is 11.2 Å². The van der Waals surface area contributed by atoms with Crippen LogP contribution in [0.25, 0.3) is 0 Å². The summed E-state index contributed by atoms with van der Waals surface area (Å²) in [5.41, 5.74) is 1.77. The fraction of sp³-hybridized carbons (Fsp3) is 0.364. The summed E-state index contributed by atoms with van der Waals surface area (Å²) in [6.45, 7) is 0.720. The first-order chi connectivity index (χ1) is 6.66. The molecule has 0 N–H and O–H groups in total. The zero-order valence-corrected chi connectivity index (χ0v) is 8.09. The summed E-state index contributed by atoms with van der Waals surface area (Å²) in [6.07, 6.45) is 0.907. The van der Waals surface area contributed by atoms with Crippen molar-refractivity contribution in [3.05, 3.63) is 29.6 Å². The van der Waals surface area contributed by atoms with Crippen LogP contribution in [0.3, 0.4) is 0 Å². The van der Waals surface area contributed by atoms with Crippen LogP contribution >= 0.6 is 0 Å². The SMILES string of the molecule is CN1CCC(=O)Cc2cc(F)ccc21. The first-order valence-corrected chi connectivity index (χ1v) is 4.68. The standard InChI is InChI=1S/C11H12FNO/c1-13-5-4-10(14)7-8-6-9(12)2-3-11(8)13/h2-3,6H,4-5,7H2,1H3. The molecule has 1 heterocycles. The van der Waals surface area contributed by atoms with E-state index in [-0.39, 0.29) is 11.6 Å². The van der Waals surface area contributed by atoms with Crippen LogP contribution in [0.5, 0.6) is 0 Å². The van der Waals surface area contributed by atoms with E-state index in [2.05, 4.69) is 0 Å². The van der Waals surface area contributed by atoms with E-state index in [4.69, 9.17) is 0 Å². The van der Waals surface area contributed by atoms with Gasteiger partial charge in [0.15, 0.2) is 0 Å². The normalized spacial score (nSPS) is 16.4. The van der Waals surface area contributed by atoms with Gasteiger partial charge in [-0.25, -0.2) is 4.39 Å². The van der Waals surface area contributed by atoms with Crippen LogP contribution in [0, 0.1) is 5.82 Å². The maximum atomic E-state index is 13.0. The van der Waals surface area contributed by atoms with Gasteiger partial charge in [0.25, 0.3) is 0 Å². The first kappa shape index (κ1) is 9.19. The van der Waals surface area contributed by atoms with Crippen molar-refractivity contribution in [2.24, 2.45) is 0 Å². The van der Waals surface area contributed by atoms with E-state index in [0.29, 0.717) is 12.8 Å². The highest BCUT2D eigenvalue weighted by atomic mass is 19.1. The molecule has 14 heavy (non-hydrogen) atoms. The van der Waals surface area contributed by atoms with Crippen LogP contribution in [0.1, 0.15) is 12.0 Å². The van der Waals surface area contributed by atoms with Gasteiger partial charge < -0.3 is 4.90 Å². The summed E-state index contributed by atoms with van der Waals surface area (Å²) in [5, 5.41) is 0. The first-order valence-electron chi connectivity index (χ1n) is 4.68. The molecule has 0 radical (unpaired) electrons. The number of fused-ring (bicyclic) bond motifs is 1. The second-order valence-electron chi connectivity index (χ2n) is 3.66. The number of hydrogen-bond acceptors (Lipinski definition) is 2. The minimum absolute atomic E-state index is 0.182. The van der Waals surface area contributed by atoms with E-state index < -0.39 is 0 Å². The van der Waals surface area contributed by atoms with Gasteiger partial charge in [-0.05, 0) is 23.8 Å². The average molecular weight is 193 g/mol. The van der Waals surface area contributed by atoms with Crippen LogP contribution in [0.4, 0.5) is 10.1 Å². The quantitative estimate of drug-likeness (QED) is 0.626. The highest BCUT2D eigenvalue weighted by Gasteiger charge is 2.17. The minimum Gasteiger partial charge on any atom is -0.374 e. The number of benzene rings is 1. The maximum absolute atomic E-state index is 13.0. The molecule has 0 saturated heterocycles. The monoisotopic (exact) mass is 193 g/mol. The van der Waals surface area contributed by atoms with Crippen LogP contribution in [0.15, 0.2) is 18.2 Å². The van der Waals surface area contributed by atoms with Gasteiger partial charge in [-0.2, -0.15) is 0 Å². The lowest BCUT2D eigenvalue weighted by atomic mass is 10.1. The third-order valence-corrected chi connectivity index (χ3v) is 2.57. The van der Waals surface area contributed by atoms with Gasteiger partial charge in [0.1, 0.15) is 11.6 Å². The molecule has 0 saturated carbocycles. The Morgan fingerprint density at radius 2 is 2.21 bits per heavy atom. The van der Waals surface area contributed by atoms with Crippen molar-refractivity contribution in [1.29, 1.82) is 0 Å². The number of carbonyl (C=O) groups excluding carboxylic acids is 1. The van der Waals surface area contributed by atoms with Crippen molar-refractivity contribution in [2.45, 2.75) is 12.8 Å². The lowest BCUT2D eigenvalue weighted by Crippen LogP contribution is -2.18. The van der Waals surface area contributed by atoms with Gasteiger partial charge in [0, 0.05) is 32.1 Å². The maximum Gasteiger partial charge on any atom is 0.139 e. The van der Waals surface area contributed by atoms with Crippen molar-refractivity contribution in [1.82, 2.24) is 0 Å². The molecule has 2 rings (SSSR count). The number of ketones is 1. The Hall–Kier alpha value is -1.38. The van der Waals surface area contributed by atoms with E-state index in [1.54, 1.807) is 6.07 Å². The van der Waals surface area contributed by atoms with Gasteiger partial charge >= 0.3 is 0 Å². The van der Waals surface area contributed by atoms with E-state index in [0.717, 1.165) is 17.8 Å². The molecule has 0 unspecified atom stereocenters. The highest BCUT2D eigenvalue weighted by molar-refractivity contribution is 5.84. The molecule has 0 aromatic heterocycles. The number of hydrogen-bond donors (Lipinski definition) is 0. The van der Waals surface area contributed by atoms with Gasteiger partial charge in [0.05, 0.1) is 0 Å². The van der Waals surface area contributed by atoms with E-state index in [1.165, 1.54) is 12.1 Å². The van der Waals surface area contributed by atoms with Gasteiger partial charge in [0.2, 0.25) is 0 Å². The summed E-state index contributed by atoms with van der Waals surface area (Å²) in [4.78, 5) is 13.4. The molecule has 1 aliphatic rings. The second-order valence-corrected chi connectivity index (χ2v) is 3.66. The number of carbonyl (C=O) groups is 1. The van der Waals surface area contributed by atoms with Gasteiger partial charge in [-0.1, -0.05) is 0 Å². The third-order valence-electron chi connectivity index (χ3n) is 2.57. The Morgan fingerprint density at radius 3 is 3.00 bits per heavy atom. The number of Topliss-reactive ketones (excluding diaryl/α,β-unsaturated/α-hetero) is 1. The van der Waals surface area contributed by atoms with Gasteiger partial charge in [-0.3, -0.25) is 4.79 Å². The Bertz CT molecular complexity index is 376. The smallest absolute Gasteiger partial charge is 0.139 e. The summed E-state index contributed by atoms with van der Waals surface area (Å²) < 4.78 is 13.0. The second kappa shape index (κ2) is 3.40. The molecule has 1 aromatic rings. The molecule has 0 bridgehead atoms. The minimum atomic E-state index is -0.271. The van der Waals surface area contributed by atoms with Gasteiger partial charge in [-0.15, -0.1) is 0 Å². The van der Waals surface area contributed by atoms with E-state index in [1.807, 2.05) is 11.9 Å². The Balaban J connectivity index is 2.46. The molecule has 74 valence electrons. The average Bonchev–Trinajstić information content (AvgIpc) is 2.26. The van der Waals surface area contributed by atoms with E-state index >= 15 is 0 Å². The molecule has 0 spiro atoms. The molecule has 3 heteroatoms. The molecule has 2 nitrogen and oxygen atoms in total. The van der Waals surface area contributed by atoms with E-state index in [9.17, 15) is 9.18 Å². The zero-order valence-electron chi connectivity index (χ0n) is 8.09. The fourth-order valence-corrected chi connectivity index (χ4v) is 1.78. The summed E-state index contributed by atoms with van der Waals surface area (Å²) in [5.74, 6) is -0.0898. The topological polar surface area (TPSA) is 20.3 Å². The molecule has 1 aliphatic heterocycles. The van der Waals surface area contributed by atoms with Crippen LogP contribution in [0.2, 0.25) is 0 Å². The molecular weight excluding hydrogens is 181 g/mol. The number of rotatable bonds is 0. The Labute approximate surface area is 82.3 Å². The Morgan fingerprint density at radius 1 is 1.43 bits per heavy atom. The number of nitrogens with zero attached hydrogens (tertiary/aromatic N) is 1. The van der Waals surface area contributed by atoms with Crippen molar-refractivity contribution < 1.29 is 9.18 Å². The number of halogens is 1. The molecule has 0 fully saturated rings. The van der Waals surface area contributed by atoms with Crippen molar-refractivity contribution in [2.75, 3.05) is 18.5 Å². The van der Waals surface area contributed by atoms with Crippen molar-refractivity contribution in [3.63, 3.8) is 0 Å². The predicted molar refractivity (Wildman–Crippen MR) is 53.0 cm³/mol. The summed E-state index contributed by atoms with van der Waals surface area (Å²) in [6, 6.07) is 4.63. The number of anilines is 1. The van der Waals surface area contributed by atoms with Crippen LogP contribution < -0.4 is 4.90 Å². The summed E-state index contributed by atoms with van der Waals surface area (Å²) in [7, 11) is 1.93. The largest absolute Gasteiger partial charge is 0.374 e. The lowest BCUT2D eigenvalue weighted by molar-refractivity contribution is -0.118. The Kier molecular flexibility index (Phi) is 2.23. The summed E-state index contributed by atoms with van der Waals surface area (Å²) >= 11 is 0. The predicted octanol–water partition coefficient (Wildman–Crippen LogP) is 1.78. The third kappa shape index (κ3) is 1.62.